The smallest absolute Gasteiger partial charge is 0.275 e. The van der Waals surface area contributed by atoms with Gasteiger partial charge in [0.25, 0.3) is 5.91 Å². The van der Waals surface area contributed by atoms with E-state index in [9.17, 15) is 4.79 Å². The molecular weight excluding hydrogens is 386 g/mol. The lowest BCUT2D eigenvalue weighted by molar-refractivity contribution is -0.902. The van der Waals surface area contributed by atoms with E-state index in [2.05, 4.69) is 56.5 Å². The highest BCUT2D eigenvalue weighted by Crippen LogP contribution is 2.24. The van der Waals surface area contributed by atoms with Gasteiger partial charge in [-0.1, -0.05) is 42.0 Å². The summed E-state index contributed by atoms with van der Waals surface area (Å²) in [6.45, 7) is 5.40. The van der Waals surface area contributed by atoms with Crippen molar-refractivity contribution in [1.82, 2.24) is 10.3 Å². The van der Waals surface area contributed by atoms with Gasteiger partial charge in [0, 0.05) is 18.1 Å². The highest BCUT2D eigenvalue weighted by atomic mass is 32.2. The number of aryl methyl sites for hydroxylation is 1. The third-order valence-electron chi connectivity index (χ3n) is 4.82. The lowest BCUT2D eigenvalue weighted by atomic mass is 10.2. The highest BCUT2D eigenvalue weighted by molar-refractivity contribution is 7.98. The van der Waals surface area contributed by atoms with Crippen molar-refractivity contribution in [3.05, 3.63) is 64.7 Å². The van der Waals surface area contributed by atoms with Crippen LogP contribution in [0.5, 0.6) is 0 Å². The van der Waals surface area contributed by atoms with Gasteiger partial charge in [-0.2, -0.15) is 11.8 Å². The average Bonchev–Trinajstić information content (AvgIpc) is 3.12. The number of hydrogen-bond donors (Lipinski definition) is 2. The summed E-state index contributed by atoms with van der Waals surface area (Å²) in [4.78, 5) is 18.2. The van der Waals surface area contributed by atoms with Gasteiger partial charge >= 0.3 is 0 Å². The Morgan fingerprint density at radius 1 is 1.21 bits per heavy atom. The number of thioether (sulfide) groups is 1. The number of carbonyl (C=O) groups is 1. The maximum atomic E-state index is 12.3. The molecule has 1 heterocycles. The Hall–Kier alpha value is -1.89. The standard InChI is InChI=1S/C22H27N3OS2/c1-16-8-10-18(11-9-16)15-27-13-12-23-21(26)14-25(3)17(2)22-24-19-6-4-5-7-20(19)28-22/h4-11,17H,12-15H2,1-3H3,(H,23,26)/p+1/t17-/m1/s1. The molecule has 0 spiro atoms. The number of aromatic nitrogens is 1. The highest BCUT2D eigenvalue weighted by Gasteiger charge is 2.21. The number of benzene rings is 2. The van der Waals surface area contributed by atoms with Crippen LogP contribution in [0.25, 0.3) is 10.2 Å². The molecule has 28 heavy (non-hydrogen) atoms. The van der Waals surface area contributed by atoms with Crippen LogP contribution >= 0.6 is 23.1 Å². The van der Waals surface area contributed by atoms with E-state index < -0.39 is 0 Å². The second-order valence-electron chi connectivity index (χ2n) is 7.15. The molecule has 0 saturated carbocycles. The number of amides is 1. The number of likely N-dealkylation sites (N-methyl/N-ethyl adjacent to an activating group) is 1. The van der Waals surface area contributed by atoms with Crippen molar-refractivity contribution in [1.29, 1.82) is 0 Å². The van der Waals surface area contributed by atoms with Crippen LogP contribution in [0.1, 0.15) is 29.1 Å². The molecule has 0 bridgehead atoms. The van der Waals surface area contributed by atoms with Crippen LogP contribution < -0.4 is 10.2 Å². The minimum atomic E-state index is 0.0985. The van der Waals surface area contributed by atoms with Gasteiger partial charge in [-0.05, 0) is 31.5 Å². The van der Waals surface area contributed by atoms with Gasteiger partial charge in [0.15, 0.2) is 11.6 Å². The van der Waals surface area contributed by atoms with Gasteiger partial charge in [0.2, 0.25) is 0 Å². The van der Waals surface area contributed by atoms with Gasteiger partial charge in [-0.3, -0.25) is 4.79 Å². The average molecular weight is 415 g/mol. The Bertz CT molecular complexity index is 875. The number of rotatable bonds is 9. The van der Waals surface area contributed by atoms with E-state index in [1.165, 1.54) is 15.8 Å². The van der Waals surface area contributed by atoms with Crippen LogP contribution in [0.3, 0.4) is 0 Å². The molecule has 1 aromatic heterocycles. The third-order valence-corrected chi connectivity index (χ3v) is 7.07. The summed E-state index contributed by atoms with van der Waals surface area (Å²) in [5, 5.41) is 4.13. The molecule has 2 N–H and O–H groups in total. The second-order valence-corrected chi connectivity index (χ2v) is 9.32. The molecule has 2 atom stereocenters. The Kier molecular flexibility index (Phi) is 7.48. The number of nitrogens with one attached hydrogen (secondary N) is 2. The molecule has 148 valence electrons. The predicted molar refractivity (Wildman–Crippen MR) is 120 cm³/mol. The van der Waals surface area contributed by atoms with Gasteiger partial charge in [-0.25, -0.2) is 4.98 Å². The fourth-order valence-electron chi connectivity index (χ4n) is 2.89. The van der Waals surface area contributed by atoms with Crippen molar-refractivity contribution in [2.45, 2.75) is 25.6 Å². The van der Waals surface area contributed by atoms with Gasteiger partial charge in [0.05, 0.1) is 17.3 Å². The molecule has 2 aromatic carbocycles. The summed E-state index contributed by atoms with van der Waals surface area (Å²) in [6, 6.07) is 17.0. The molecule has 0 radical (unpaired) electrons. The lowest BCUT2D eigenvalue weighted by Crippen LogP contribution is -3.10. The largest absolute Gasteiger partial charge is 0.350 e. The van der Waals surface area contributed by atoms with Crippen LogP contribution in [0.15, 0.2) is 48.5 Å². The first-order valence-electron chi connectivity index (χ1n) is 9.60. The Morgan fingerprint density at radius 3 is 2.71 bits per heavy atom. The van der Waals surface area contributed by atoms with Crippen molar-refractivity contribution >= 4 is 39.2 Å². The summed E-state index contributed by atoms with van der Waals surface area (Å²) in [5.74, 6) is 2.00. The topological polar surface area (TPSA) is 46.4 Å². The molecule has 4 nitrogen and oxygen atoms in total. The second kappa shape index (κ2) is 10.0. The number of fused-ring (bicyclic) bond motifs is 1. The fraction of sp³-hybridized carbons (Fsp3) is 0.364. The Morgan fingerprint density at radius 2 is 1.96 bits per heavy atom. The first-order chi connectivity index (χ1) is 13.5. The van der Waals surface area contributed by atoms with Crippen molar-refractivity contribution < 1.29 is 9.69 Å². The molecule has 0 saturated heterocycles. The molecule has 3 aromatic rings. The van der Waals surface area contributed by atoms with E-state index in [0.29, 0.717) is 13.1 Å². The zero-order chi connectivity index (χ0) is 19.9. The quantitative estimate of drug-likeness (QED) is 0.529. The van der Waals surface area contributed by atoms with Crippen molar-refractivity contribution in [2.75, 3.05) is 25.9 Å². The Labute approximate surface area is 175 Å². The molecular formula is C22H28N3OS2+. The molecule has 0 fully saturated rings. The van der Waals surface area contributed by atoms with Crippen molar-refractivity contribution in [3.63, 3.8) is 0 Å². The molecule has 3 rings (SSSR count). The summed E-state index contributed by atoms with van der Waals surface area (Å²) >= 11 is 3.57. The van der Waals surface area contributed by atoms with Crippen molar-refractivity contribution in [2.24, 2.45) is 0 Å². The molecule has 0 aliphatic carbocycles. The number of para-hydroxylation sites is 1. The first kappa shape index (κ1) is 20.8. The van der Waals surface area contributed by atoms with Crippen LogP contribution in [0, 0.1) is 6.92 Å². The van der Waals surface area contributed by atoms with E-state index in [-0.39, 0.29) is 11.9 Å². The zero-order valence-electron chi connectivity index (χ0n) is 16.7. The number of nitrogens with zero attached hydrogens (tertiary/aromatic N) is 1. The molecule has 1 amide bonds. The van der Waals surface area contributed by atoms with Crippen LogP contribution in [0.4, 0.5) is 0 Å². The zero-order valence-corrected chi connectivity index (χ0v) is 18.3. The lowest BCUT2D eigenvalue weighted by Gasteiger charge is -2.19. The molecule has 1 unspecified atom stereocenters. The van der Waals surface area contributed by atoms with Gasteiger partial charge < -0.3 is 10.2 Å². The third kappa shape index (κ3) is 5.80. The van der Waals surface area contributed by atoms with E-state index in [0.717, 1.165) is 26.9 Å². The van der Waals surface area contributed by atoms with E-state index in [1.54, 1.807) is 11.3 Å². The maximum Gasteiger partial charge on any atom is 0.275 e. The molecule has 6 heteroatoms. The SMILES string of the molecule is Cc1ccc(CSCCNC(=O)C[NH+](C)[C@H](C)c2nc3ccccc3s2)cc1. The van der Waals surface area contributed by atoms with Crippen LogP contribution in [0.2, 0.25) is 0 Å². The monoisotopic (exact) mass is 414 g/mol. The van der Waals surface area contributed by atoms with Crippen molar-refractivity contribution in [3.8, 4) is 0 Å². The van der Waals surface area contributed by atoms with E-state index in [1.807, 2.05) is 30.0 Å². The number of carbonyl (C=O) groups excluding carboxylic acids is 1. The van der Waals surface area contributed by atoms with Crippen LogP contribution in [-0.2, 0) is 10.5 Å². The maximum absolute atomic E-state index is 12.3. The number of hydrogen-bond acceptors (Lipinski definition) is 4. The van der Waals surface area contributed by atoms with Gasteiger partial charge in [0.1, 0.15) is 6.04 Å². The number of quaternary nitrogens is 1. The Balaban J connectivity index is 1.38. The minimum absolute atomic E-state index is 0.0985. The summed E-state index contributed by atoms with van der Waals surface area (Å²) in [6.07, 6.45) is 0. The summed E-state index contributed by atoms with van der Waals surface area (Å²) in [7, 11) is 2.06. The fourth-order valence-corrected chi connectivity index (χ4v) is 4.82. The minimum Gasteiger partial charge on any atom is -0.350 e. The van der Waals surface area contributed by atoms with E-state index >= 15 is 0 Å². The summed E-state index contributed by atoms with van der Waals surface area (Å²) < 4.78 is 1.20. The summed E-state index contributed by atoms with van der Waals surface area (Å²) in [5.41, 5.74) is 3.65. The van der Waals surface area contributed by atoms with Crippen LogP contribution in [-0.4, -0.2) is 36.8 Å². The predicted octanol–water partition coefficient (Wildman–Crippen LogP) is 3.23. The van der Waals surface area contributed by atoms with Gasteiger partial charge in [-0.15, -0.1) is 11.3 Å². The van der Waals surface area contributed by atoms with E-state index in [4.69, 9.17) is 4.98 Å². The first-order valence-corrected chi connectivity index (χ1v) is 11.6. The number of thiazole rings is 1. The molecule has 0 aliphatic rings. The molecule has 0 aliphatic heterocycles. The normalized spacial score (nSPS) is 13.4.